The molecule has 170 valence electrons. The van der Waals surface area contributed by atoms with Crippen molar-refractivity contribution in [2.45, 2.75) is 76.2 Å². The lowest BCUT2D eigenvalue weighted by atomic mass is 9.86. The van der Waals surface area contributed by atoms with Crippen LogP contribution in [0.1, 0.15) is 63.7 Å². The summed E-state index contributed by atoms with van der Waals surface area (Å²) in [4.78, 5) is 50.5. The number of esters is 1. The summed E-state index contributed by atoms with van der Waals surface area (Å²) in [5, 5.41) is 0.498. The first-order valence-electron chi connectivity index (χ1n) is 10.6. The Labute approximate surface area is 186 Å². The average molecular weight is 451 g/mol. The molecule has 10 heteroatoms. The number of ether oxygens (including phenoxy) is 2. The van der Waals surface area contributed by atoms with Gasteiger partial charge in [0.05, 0.1) is 25.2 Å². The first-order valence-corrected chi connectivity index (χ1v) is 11.8. The number of rotatable bonds is 4. The maximum atomic E-state index is 13.1. The normalized spacial score (nSPS) is 21.5. The zero-order valence-corrected chi connectivity index (χ0v) is 19.5. The fourth-order valence-electron chi connectivity index (χ4n) is 4.09. The van der Waals surface area contributed by atoms with Crippen LogP contribution < -0.4 is 4.90 Å². The smallest absolute Gasteiger partial charge is 0.417 e. The third-order valence-corrected chi connectivity index (χ3v) is 5.85. The molecular formula is C21H30N4O5S. The first kappa shape index (κ1) is 23.3. The van der Waals surface area contributed by atoms with Crippen molar-refractivity contribution in [3.63, 3.8) is 0 Å². The van der Waals surface area contributed by atoms with E-state index in [2.05, 4.69) is 9.97 Å². The number of nitrogens with zero attached hydrogens (tertiary/aromatic N) is 4. The average Bonchev–Trinajstić information content (AvgIpc) is 2.71. The number of thioether (sulfide) groups is 1. The van der Waals surface area contributed by atoms with Gasteiger partial charge in [-0.3, -0.25) is 4.79 Å². The van der Waals surface area contributed by atoms with Gasteiger partial charge in [0.25, 0.3) is 5.91 Å². The van der Waals surface area contributed by atoms with E-state index in [1.807, 2.05) is 11.2 Å². The Morgan fingerprint density at radius 3 is 2.52 bits per heavy atom. The van der Waals surface area contributed by atoms with E-state index >= 15 is 0 Å². The van der Waals surface area contributed by atoms with Gasteiger partial charge in [-0.2, -0.15) is 0 Å². The minimum atomic E-state index is -0.699. The number of hydrogen-bond acceptors (Lipinski definition) is 9. The van der Waals surface area contributed by atoms with Crippen LogP contribution in [-0.4, -0.2) is 69.9 Å². The standard InChI is InChI=1S/C21H30N4O5S/c1-6-29-18(27)13-11-22-19(31-5)23-17(13)24-12-16(26)25(20(28)30-21(2,3)4)15-10-8-7-9-14(15)24/h11,14-15H,6-10,12H2,1-5H3/t14-,15-/m1/s1. The summed E-state index contributed by atoms with van der Waals surface area (Å²) >= 11 is 1.35. The molecule has 0 N–H and O–H groups in total. The third kappa shape index (κ3) is 5.11. The summed E-state index contributed by atoms with van der Waals surface area (Å²) < 4.78 is 10.7. The Balaban J connectivity index is 2.00. The molecule has 0 unspecified atom stereocenters. The Morgan fingerprint density at radius 1 is 1.23 bits per heavy atom. The minimum absolute atomic E-state index is 0.0718. The molecular weight excluding hydrogens is 420 g/mol. The van der Waals surface area contributed by atoms with Crippen LogP contribution in [0.25, 0.3) is 0 Å². The summed E-state index contributed by atoms with van der Waals surface area (Å²) in [7, 11) is 0. The van der Waals surface area contributed by atoms with E-state index in [0.29, 0.717) is 17.4 Å². The Morgan fingerprint density at radius 2 is 1.90 bits per heavy atom. The van der Waals surface area contributed by atoms with Crippen LogP contribution in [0.2, 0.25) is 0 Å². The first-order chi connectivity index (χ1) is 14.7. The van der Waals surface area contributed by atoms with Crippen molar-refractivity contribution in [1.29, 1.82) is 0 Å². The van der Waals surface area contributed by atoms with E-state index < -0.39 is 17.7 Å². The highest BCUT2D eigenvalue weighted by Crippen LogP contribution is 2.36. The zero-order chi connectivity index (χ0) is 22.8. The predicted molar refractivity (Wildman–Crippen MR) is 116 cm³/mol. The number of carbonyl (C=O) groups is 3. The highest BCUT2D eigenvalue weighted by Gasteiger charge is 2.47. The van der Waals surface area contributed by atoms with Crippen molar-refractivity contribution >= 4 is 35.5 Å². The van der Waals surface area contributed by atoms with Crippen molar-refractivity contribution in [3.8, 4) is 0 Å². The monoisotopic (exact) mass is 450 g/mol. The number of piperazine rings is 1. The molecule has 1 aliphatic heterocycles. The topological polar surface area (TPSA) is 102 Å². The quantitative estimate of drug-likeness (QED) is 0.388. The highest BCUT2D eigenvalue weighted by molar-refractivity contribution is 7.98. The van der Waals surface area contributed by atoms with Crippen molar-refractivity contribution in [3.05, 3.63) is 11.8 Å². The van der Waals surface area contributed by atoms with Crippen LogP contribution in [0.15, 0.2) is 11.4 Å². The molecule has 0 aromatic carbocycles. The van der Waals surface area contributed by atoms with Crippen LogP contribution in [0, 0.1) is 0 Å². The predicted octanol–water partition coefficient (Wildman–Crippen LogP) is 3.27. The molecule has 2 aliphatic rings. The molecule has 1 saturated heterocycles. The Hall–Kier alpha value is -2.36. The molecule has 2 heterocycles. The third-order valence-electron chi connectivity index (χ3n) is 5.29. The Kier molecular flexibility index (Phi) is 7.08. The molecule has 2 fully saturated rings. The lowest BCUT2D eigenvalue weighted by Crippen LogP contribution is -2.65. The van der Waals surface area contributed by atoms with Crippen LogP contribution in [0.5, 0.6) is 0 Å². The summed E-state index contributed by atoms with van der Waals surface area (Å²) in [6, 6.07) is -0.496. The molecule has 3 rings (SSSR count). The Bertz CT molecular complexity index is 857. The molecule has 2 amide bonds. The minimum Gasteiger partial charge on any atom is -0.462 e. The van der Waals surface area contributed by atoms with E-state index in [0.717, 1.165) is 19.3 Å². The number of fused-ring (bicyclic) bond motifs is 1. The fourth-order valence-corrected chi connectivity index (χ4v) is 4.42. The van der Waals surface area contributed by atoms with Gasteiger partial charge in [-0.05, 0) is 46.8 Å². The van der Waals surface area contributed by atoms with E-state index in [1.54, 1.807) is 27.7 Å². The maximum Gasteiger partial charge on any atom is 0.417 e. The van der Waals surface area contributed by atoms with E-state index in [9.17, 15) is 14.4 Å². The fraction of sp³-hybridized carbons (Fsp3) is 0.667. The van der Waals surface area contributed by atoms with Crippen LogP contribution >= 0.6 is 11.8 Å². The van der Waals surface area contributed by atoms with E-state index in [1.165, 1.54) is 22.9 Å². The number of amides is 2. The lowest BCUT2D eigenvalue weighted by molar-refractivity contribution is -0.134. The van der Waals surface area contributed by atoms with Gasteiger partial charge in [0.2, 0.25) is 0 Å². The largest absolute Gasteiger partial charge is 0.462 e. The zero-order valence-electron chi connectivity index (χ0n) is 18.7. The van der Waals surface area contributed by atoms with Gasteiger partial charge in [0.15, 0.2) is 5.16 Å². The molecule has 9 nitrogen and oxygen atoms in total. The van der Waals surface area contributed by atoms with Gasteiger partial charge in [0.1, 0.15) is 17.0 Å². The van der Waals surface area contributed by atoms with E-state index in [4.69, 9.17) is 9.47 Å². The number of carbonyl (C=O) groups excluding carboxylic acids is 3. The number of aromatic nitrogens is 2. The molecule has 1 aromatic heterocycles. The van der Waals surface area contributed by atoms with Gasteiger partial charge in [-0.1, -0.05) is 24.6 Å². The van der Waals surface area contributed by atoms with Gasteiger partial charge >= 0.3 is 12.1 Å². The number of anilines is 1. The maximum absolute atomic E-state index is 13.1. The second-order valence-electron chi connectivity index (χ2n) is 8.61. The summed E-state index contributed by atoms with van der Waals surface area (Å²) in [5.41, 5.74) is -0.474. The van der Waals surface area contributed by atoms with Gasteiger partial charge in [-0.25, -0.2) is 24.5 Å². The van der Waals surface area contributed by atoms with Gasteiger partial charge in [0, 0.05) is 6.20 Å². The number of imide groups is 1. The SMILES string of the molecule is CCOC(=O)c1cnc(SC)nc1N1CC(=O)N(C(=O)OC(C)(C)C)[C@@H]2CCCC[C@H]21. The summed E-state index contributed by atoms with van der Waals surface area (Å²) in [6.07, 6.45) is 6.01. The molecule has 1 aromatic rings. The van der Waals surface area contributed by atoms with Crippen molar-refractivity contribution in [1.82, 2.24) is 14.9 Å². The molecule has 0 bridgehead atoms. The summed E-state index contributed by atoms with van der Waals surface area (Å²) in [5.74, 6) is -0.511. The van der Waals surface area contributed by atoms with Gasteiger partial charge < -0.3 is 14.4 Å². The molecule has 1 saturated carbocycles. The second kappa shape index (κ2) is 9.42. The molecule has 2 atom stereocenters. The molecule has 0 radical (unpaired) electrons. The summed E-state index contributed by atoms with van der Waals surface area (Å²) in [6.45, 7) is 7.22. The molecule has 1 aliphatic carbocycles. The van der Waals surface area contributed by atoms with Crippen LogP contribution in [0.4, 0.5) is 10.6 Å². The van der Waals surface area contributed by atoms with Crippen LogP contribution in [0.3, 0.4) is 0 Å². The van der Waals surface area contributed by atoms with E-state index in [-0.39, 0.29) is 36.7 Å². The lowest BCUT2D eigenvalue weighted by Gasteiger charge is -2.49. The van der Waals surface area contributed by atoms with Crippen molar-refractivity contribution in [2.75, 3.05) is 24.3 Å². The van der Waals surface area contributed by atoms with Crippen LogP contribution in [-0.2, 0) is 14.3 Å². The van der Waals surface area contributed by atoms with Crippen molar-refractivity contribution in [2.24, 2.45) is 0 Å². The molecule has 0 spiro atoms. The van der Waals surface area contributed by atoms with Gasteiger partial charge in [-0.15, -0.1) is 0 Å². The highest BCUT2D eigenvalue weighted by atomic mass is 32.2. The second-order valence-corrected chi connectivity index (χ2v) is 9.38. The molecule has 31 heavy (non-hydrogen) atoms. The van der Waals surface area contributed by atoms with Crippen molar-refractivity contribution < 1.29 is 23.9 Å². The number of hydrogen-bond donors (Lipinski definition) is 0.